The zero-order chi connectivity index (χ0) is 9.97. The highest BCUT2D eigenvalue weighted by atomic mass is 32.2. The van der Waals surface area contributed by atoms with Crippen LogP contribution in [0.2, 0.25) is 0 Å². The van der Waals surface area contributed by atoms with Gasteiger partial charge in [0.25, 0.3) is 5.91 Å². The van der Waals surface area contributed by atoms with Crippen LogP contribution in [0.25, 0.3) is 6.08 Å². The molecular weight excluding hydrogens is 198 g/mol. The van der Waals surface area contributed by atoms with Gasteiger partial charge in [-0.3, -0.25) is 9.78 Å². The molecule has 0 saturated heterocycles. The van der Waals surface area contributed by atoms with Gasteiger partial charge in [-0.1, -0.05) is 6.07 Å². The second-order valence-corrected chi connectivity index (χ2v) is 3.68. The lowest BCUT2D eigenvalue weighted by atomic mass is 10.3. The van der Waals surface area contributed by atoms with Gasteiger partial charge in [-0.15, -0.1) is 0 Å². The van der Waals surface area contributed by atoms with Crippen LogP contribution in [-0.4, -0.2) is 16.1 Å². The molecule has 2 N–H and O–H groups in total. The largest absolute Gasteiger partial charge is 0.378 e. The number of thioether (sulfide) groups is 1. The van der Waals surface area contributed by atoms with Crippen molar-refractivity contribution in [2.45, 2.75) is 0 Å². The number of hydrogen-bond donors (Lipinski definition) is 1. The smallest absolute Gasteiger partial charge is 0.286 e. The lowest BCUT2D eigenvalue weighted by molar-refractivity contribution is -0.113. The summed E-state index contributed by atoms with van der Waals surface area (Å²) in [6, 6.07) is 5.49. The van der Waals surface area contributed by atoms with Crippen LogP contribution in [0.15, 0.2) is 34.3 Å². The third kappa shape index (κ3) is 1.82. The number of nitrogens with zero attached hydrogens (tertiary/aromatic N) is 2. The number of aliphatic imine (C=N–C) groups is 1. The van der Waals surface area contributed by atoms with E-state index in [-0.39, 0.29) is 11.1 Å². The van der Waals surface area contributed by atoms with Crippen LogP contribution in [0, 0.1) is 0 Å². The van der Waals surface area contributed by atoms with Gasteiger partial charge in [0.15, 0.2) is 5.17 Å². The SMILES string of the molecule is NC1=NC(=O)/C(=C\c2ccccn2)S1. The molecule has 0 aromatic carbocycles. The van der Waals surface area contributed by atoms with E-state index in [0.717, 1.165) is 5.69 Å². The molecule has 0 bridgehead atoms. The lowest BCUT2D eigenvalue weighted by Crippen LogP contribution is -2.01. The summed E-state index contributed by atoms with van der Waals surface area (Å²) in [5, 5.41) is 0.289. The van der Waals surface area contributed by atoms with Crippen LogP contribution in [0.5, 0.6) is 0 Å². The fourth-order valence-electron chi connectivity index (χ4n) is 1.02. The summed E-state index contributed by atoms with van der Waals surface area (Å²) >= 11 is 1.17. The van der Waals surface area contributed by atoms with Gasteiger partial charge in [-0.2, -0.15) is 4.99 Å². The first-order valence-corrected chi connectivity index (χ1v) is 4.76. The molecular formula is C9H7N3OS. The lowest BCUT2D eigenvalue weighted by Gasteiger charge is -1.93. The number of rotatable bonds is 1. The van der Waals surface area contributed by atoms with Crippen molar-refractivity contribution in [1.82, 2.24) is 4.98 Å². The van der Waals surface area contributed by atoms with Crippen molar-refractivity contribution in [2.75, 3.05) is 0 Å². The van der Waals surface area contributed by atoms with Gasteiger partial charge >= 0.3 is 0 Å². The molecule has 0 fully saturated rings. The van der Waals surface area contributed by atoms with E-state index in [1.165, 1.54) is 11.8 Å². The van der Waals surface area contributed by atoms with E-state index in [2.05, 4.69) is 9.98 Å². The number of carbonyl (C=O) groups is 1. The van der Waals surface area contributed by atoms with Gasteiger partial charge in [0, 0.05) is 6.20 Å². The summed E-state index contributed by atoms with van der Waals surface area (Å²) in [6.45, 7) is 0. The fraction of sp³-hybridized carbons (Fsp3) is 0. The minimum Gasteiger partial charge on any atom is -0.378 e. The van der Waals surface area contributed by atoms with Crippen molar-refractivity contribution in [3.8, 4) is 0 Å². The Morgan fingerprint density at radius 3 is 2.86 bits per heavy atom. The average Bonchev–Trinajstić information content (AvgIpc) is 2.47. The molecule has 0 unspecified atom stereocenters. The monoisotopic (exact) mass is 205 g/mol. The van der Waals surface area contributed by atoms with Gasteiger partial charge in [-0.05, 0) is 30.0 Å². The predicted molar refractivity (Wildman–Crippen MR) is 56.4 cm³/mol. The Kier molecular flexibility index (Phi) is 2.32. The first kappa shape index (κ1) is 8.96. The molecule has 1 aromatic rings. The second-order valence-electron chi connectivity index (χ2n) is 2.62. The normalized spacial score (nSPS) is 18.7. The standard InChI is InChI=1S/C9H7N3OS/c10-9-12-8(13)7(14-9)5-6-3-1-2-4-11-6/h1-5H,(H2,10,12,13)/b7-5+. The van der Waals surface area contributed by atoms with Gasteiger partial charge in [0.2, 0.25) is 0 Å². The number of pyridine rings is 1. The van der Waals surface area contributed by atoms with Crippen LogP contribution < -0.4 is 5.73 Å². The number of amides is 1. The maximum absolute atomic E-state index is 11.2. The van der Waals surface area contributed by atoms with Crippen LogP contribution in [-0.2, 0) is 4.79 Å². The fourth-order valence-corrected chi connectivity index (χ4v) is 1.69. The summed E-state index contributed by atoms with van der Waals surface area (Å²) in [5.74, 6) is -0.293. The zero-order valence-corrected chi connectivity index (χ0v) is 7.99. The van der Waals surface area contributed by atoms with Crippen molar-refractivity contribution in [2.24, 2.45) is 10.7 Å². The molecule has 0 atom stereocenters. The summed E-state index contributed by atoms with van der Waals surface area (Å²) in [5.41, 5.74) is 6.13. The highest BCUT2D eigenvalue weighted by Gasteiger charge is 2.19. The number of aromatic nitrogens is 1. The first-order chi connectivity index (χ1) is 6.75. The Morgan fingerprint density at radius 1 is 1.43 bits per heavy atom. The number of nitrogens with two attached hydrogens (primary N) is 1. The Morgan fingerprint density at radius 2 is 2.29 bits per heavy atom. The van der Waals surface area contributed by atoms with E-state index in [9.17, 15) is 4.79 Å². The number of carbonyl (C=O) groups excluding carboxylic acids is 1. The minimum absolute atomic E-state index is 0.289. The molecule has 0 aliphatic carbocycles. The minimum atomic E-state index is -0.293. The summed E-state index contributed by atoms with van der Waals surface area (Å²) in [7, 11) is 0. The molecule has 0 spiro atoms. The summed E-state index contributed by atoms with van der Waals surface area (Å²) < 4.78 is 0. The van der Waals surface area contributed by atoms with Crippen LogP contribution in [0.4, 0.5) is 0 Å². The Balaban J connectivity index is 2.26. The average molecular weight is 205 g/mol. The zero-order valence-electron chi connectivity index (χ0n) is 7.18. The van der Waals surface area contributed by atoms with Gasteiger partial charge in [-0.25, -0.2) is 0 Å². The maximum Gasteiger partial charge on any atom is 0.286 e. The molecule has 1 aliphatic rings. The van der Waals surface area contributed by atoms with Gasteiger partial charge < -0.3 is 5.73 Å². The molecule has 2 rings (SSSR count). The number of hydrogen-bond acceptors (Lipinski definition) is 4. The third-order valence-electron chi connectivity index (χ3n) is 1.60. The van der Waals surface area contributed by atoms with Crippen LogP contribution in [0.1, 0.15) is 5.69 Å². The highest BCUT2D eigenvalue weighted by Crippen LogP contribution is 2.25. The van der Waals surface area contributed by atoms with E-state index >= 15 is 0 Å². The summed E-state index contributed by atoms with van der Waals surface area (Å²) in [6.07, 6.45) is 3.34. The van der Waals surface area contributed by atoms with Crippen molar-refractivity contribution in [3.05, 3.63) is 35.0 Å². The molecule has 70 valence electrons. The molecule has 5 heteroatoms. The molecule has 1 aliphatic heterocycles. The van der Waals surface area contributed by atoms with E-state index in [1.807, 2.05) is 18.2 Å². The molecule has 4 nitrogen and oxygen atoms in total. The first-order valence-electron chi connectivity index (χ1n) is 3.95. The van der Waals surface area contributed by atoms with Crippen molar-refractivity contribution >= 4 is 28.9 Å². The molecule has 0 saturated carbocycles. The van der Waals surface area contributed by atoms with E-state index in [4.69, 9.17) is 5.73 Å². The third-order valence-corrected chi connectivity index (χ3v) is 2.42. The molecule has 0 radical (unpaired) electrons. The van der Waals surface area contributed by atoms with Crippen molar-refractivity contribution < 1.29 is 4.79 Å². The molecule has 1 aromatic heterocycles. The van der Waals surface area contributed by atoms with Gasteiger partial charge in [0.1, 0.15) is 0 Å². The quantitative estimate of drug-likeness (QED) is 0.695. The van der Waals surface area contributed by atoms with Crippen LogP contribution in [0.3, 0.4) is 0 Å². The van der Waals surface area contributed by atoms with Crippen molar-refractivity contribution in [3.63, 3.8) is 0 Å². The van der Waals surface area contributed by atoms with Crippen molar-refractivity contribution in [1.29, 1.82) is 0 Å². The summed E-state index contributed by atoms with van der Waals surface area (Å²) in [4.78, 5) is 19.4. The predicted octanol–water partition coefficient (Wildman–Crippen LogP) is 1.01. The van der Waals surface area contributed by atoms with Gasteiger partial charge in [0.05, 0.1) is 10.6 Å². The van der Waals surface area contributed by atoms with E-state index in [1.54, 1.807) is 12.3 Å². The topological polar surface area (TPSA) is 68.3 Å². The maximum atomic E-state index is 11.2. The van der Waals surface area contributed by atoms with Crippen LogP contribution >= 0.6 is 11.8 Å². The number of amidine groups is 1. The Hall–Kier alpha value is -1.62. The molecule has 14 heavy (non-hydrogen) atoms. The van der Waals surface area contributed by atoms with E-state index in [0.29, 0.717) is 4.91 Å². The molecule has 1 amide bonds. The molecule has 2 heterocycles. The highest BCUT2D eigenvalue weighted by molar-refractivity contribution is 8.18. The Labute approximate surface area is 84.9 Å². The Bertz CT molecular complexity index is 425. The van der Waals surface area contributed by atoms with E-state index < -0.39 is 0 Å². The second kappa shape index (κ2) is 3.63.